The summed E-state index contributed by atoms with van der Waals surface area (Å²) < 4.78 is 5.70. The van der Waals surface area contributed by atoms with Crippen molar-refractivity contribution in [2.75, 3.05) is 0 Å². The van der Waals surface area contributed by atoms with Crippen LogP contribution < -0.4 is 0 Å². The molecule has 1 N–H and O–H groups in total. The van der Waals surface area contributed by atoms with Crippen LogP contribution in [0.2, 0.25) is 0 Å². The number of aromatic amines is 1. The number of hydrogen-bond acceptors (Lipinski definition) is 6. The summed E-state index contributed by atoms with van der Waals surface area (Å²) in [4.78, 5) is 17.9. The Balaban J connectivity index is 1.57. The minimum absolute atomic E-state index is 0.162. The Morgan fingerprint density at radius 3 is 2.39 bits per heavy atom. The number of esters is 1. The fraction of sp³-hybridized carbons (Fsp3) is 0.269. The standard InChI is InChI=1S/C26H27N5O2/c1-4-5-6-22-15-23(20-11-7-17(2)8-12-20)24(18(3)27-22)26(32)33-16-19-9-13-21(14-10-19)25-28-30-31-29-25/h7-15H,4-6,16H2,1-3H3,(H,28,29,30,31). The summed E-state index contributed by atoms with van der Waals surface area (Å²) in [6.07, 6.45) is 3.04. The molecule has 0 spiro atoms. The quantitative estimate of drug-likeness (QED) is 0.376. The van der Waals surface area contributed by atoms with Gasteiger partial charge in [-0.1, -0.05) is 67.4 Å². The first-order valence-corrected chi connectivity index (χ1v) is 11.1. The van der Waals surface area contributed by atoms with Crippen molar-refractivity contribution < 1.29 is 9.53 Å². The van der Waals surface area contributed by atoms with Gasteiger partial charge in [-0.15, -0.1) is 10.2 Å². The lowest BCUT2D eigenvalue weighted by molar-refractivity contribution is 0.0472. The second kappa shape index (κ2) is 10.2. The average Bonchev–Trinajstić information content (AvgIpc) is 3.37. The fourth-order valence-electron chi connectivity index (χ4n) is 3.70. The molecule has 0 saturated heterocycles. The summed E-state index contributed by atoms with van der Waals surface area (Å²) in [7, 11) is 0. The zero-order valence-corrected chi connectivity index (χ0v) is 19.1. The summed E-state index contributed by atoms with van der Waals surface area (Å²) in [6.45, 7) is 6.25. The highest BCUT2D eigenvalue weighted by atomic mass is 16.5. The smallest absolute Gasteiger partial charge is 0.340 e. The van der Waals surface area contributed by atoms with Crippen LogP contribution in [0, 0.1) is 13.8 Å². The number of pyridine rings is 1. The number of aromatic nitrogens is 5. The lowest BCUT2D eigenvalue weighted by Gasteiger charge is -2.15. The molecule has 33 heavy (non-hydrogen) atoms. The molecule has 0 atom stereocenters. The van der Waals surface area contributed by atoms with E-state index in [0.29, 0.717) is 17.1 Å². The van der Waals surface area contributed by atoms with Gasteiger partial charge in [0.25, 0.3) is 0 Å². The van der Waals surface area contributed by atoms with Crippen molar-refractivity contribution in [1.29, 1.82) is 0 Å². The molecule has 2 aromatic heterocycles. The summed E-state index contributed by atoms with van der Waals surface area (Å²) in [5.74, 6) is 0.144. The molecule has 0 aliphatic heterocycles. The van der Waals surface area contributed by atoms with Crippen molar-refractivity contribution in [2.24, 2.45) is 0 Å². The predicted octanol–water partition coefficient (Wildman–Crippen LogP) is 5.25. The normalized spacial score (nSPS) is 10.9. The Bertz CT molecular complexity index is 1220. The molecular weight excluding hydrogens is 414 g/mol. The molecule has 168 valence electrons. The molecule has 2 aromatic carbocycles. The Hall–Kier alpha value is -3.87. The maximum absolute atomic E-state index is 13.2. The maximum Gasteiger partial charge on any atom is 0.340 e. The van der Waals surface area contributed by atoms with E-state index < -0.39 is 0 Å². The number of hydrogen-bond donors (Lipinski definition) is 1. The van der Waals surface area contributed by atoms with E-state index in [1.165, 1.54) is 5.56 Å². The van der Waals surface area contributed by atoms with Crippen molar-refractivity contribution in [3.05, 3.63) is 82.7 Å². The number of tetrazole rings is 1. The van der Waals surface area contributed by atoms with Gasteiger partial charge in [0.1, 0.15) is 6.61 Å². The van der Waals surface area contributed by atoms with E-state index in [9.17, 15) is 4.79 Å². The van der Waals surface area contributed by atoms with E-state index in [1.807, 2.05) is 56.3 Å². The van der Waals surface area contributed by atoms with Crippen LogP contribution in [0.1, 0.15) is 52.6 Å². The first-order valence-electron chi connectivity index (χ1n) is 11.1. The lowest BCUT2D eigenvalue weighted by atomic mass is 9.96. The van der Waals surface area contributed by atoms with Crippen LogP contribution in [0.4, 0.5) is 0 Å². The van der Waals surface area contributed by atoms with Crippen LogP contribution in [0.25, 0.3) is 22.5 Å². The van der Waals surface area contributed by atoms with Gasteiger partial charge in [-0.25, -0.2) is 4.79 Å². The van der Waals surface area contributed by atoms with E-state index in [0.717, 1.165) is 47.2 Å². The molecule has 0 aliphatic carbocycles. The number of aryl methyl sites for hydroxylation is 3. The monoisotopic (exact) mass is 441 g/mol. The van der Waals surface area contributed by atoms with Gasteiger partial charge in [0.15, 0.2) is 0 Å². The highest BCUT2D eigenvalue weighted by molar-refractivity contribution is 5.98. The second-order valence-electron chi connectivity index (χ2n) is 8.10. The summed E-state index contributed by atoms with van der Waals surface area (Å²) in [5.41, 5.74) is 6.94. The Morgan fingerprint density at radius 1 is 1.00 bits per heavy atom. The Morgan fingerprint density at radius 2 is 1.73 bits per heavy atom. The van der Waals surface area contributed by atoms with Crippen LogP contribution >= 0.6 is 0 Å². The molecule has 0 saturated carbocycles. The molecule has 4 rings (SSSR count). The van der Waals surface area contributed by atoms with E-state index in [4.69, 9.17) is 9.72 Å². The highest BCUT2D eigenvalue weighted by Gasteiger charge is 2.20. The molecule has 2 heterocycles. The summed E-state index contributed by atoms with van der Waals surface area (Å²) >= 11 is 0. The van der Waals surface area contributed by atoms with Crippen LogP contribution in [-0.4, -0.2) is 31.6 Å². The zero-order valence-electron chi connectivity index (χ0n) is 19.1. The highest BCUT2D eigenvalue weighted by Crippen LogP contribution is 2.28. The molecule has 0 amide bonds. The number of ether oxygens (including phenoxy) is 1. The summed E-state index contributed by atoms with van der Waals surface area (Å²) in [6, 6.07) is 17.8. The first-order chi connectivity index (χ1) is 16.0. The molecule has 7 heteroatoms. The van der Waals surface area contributed by atoms with Crippen LogP contribution in [0.5, 0.6) is 0 Å². The molecule has 0 radical (unpaired) electrons. The van der Waals surface area contributed by atoms with Gasteiger partial charge < -0.3 is 4.74 Å². The number of rotatable bonds is 8. The van der Waals surface area contributed by atoms with Gasteiger partial charge >= 0.3 is 5.97 Å². The van der Waals surface area contributed by atoms with Crippen LogP contribution in [0.15, 0.2) is 54.6 Å². The Labute approximate surface area is 193 Å². The first kappa shape index (κ1) is 22.3. The van der Waals surface area contributed by atoms with Crippen molar-refractivity contribution in [3.63, 3.8) is 0 Å². The predicted molar refractivity (Wildman–Crippen MR) is 126 cm³/mol. The minimum Gasteiger partial charge on any atom is -0.457 e. The van der Waals surface area contributed by atoms with Crippen molar-refractivity contribution in [3.8, 4) is 22.5 Å². The van der Waals surface area contributed by atoms with Gasteiger partial charge in [0.05, 0.1) is 11.3 Å². The van der Waals surface area contributed by atoms with E-state index >= 15 is 0 Å². The number of nitrogens with zero attached hydrogens (tertiary/aromatic N) is 4. The van der Waals surface area contributed by atoms with Gasteiger partial charge in [0, 0.05) is 11.3 Å². The van der Waals surface area contributed by atoms with Gasteiger partial charge in [0.2, 0.25) is 5.82 Å². The third-order valence-electron chi connectivity index (χ3n) is 5.53. The van der Waals surface area contributed by atoms with Crippen molar-refractivity contribution in [2.45, 2.75) is 46.6 Å². The van der Waals surface area contributed by atoms with E-state index in [1.54, 1.807) is 0 Å². The third kappa shape index (κ3) is 5.31. The second-order valence-corrected chi connectivity index (χ2v) is 8.10. The molecule has 0 aliphatic rings. The molecular formula is C26H27N5O2. The number of carbonyl (C=O) groups is 1. The Kier molecular flexibility index (Phi) is 6.88. The average molecular weight is 442 g/mol. The van der Waals surface area contributed by atoms with Gasteiger partial charge in [-0.05, 0) is 54.7 Å². The van der Waals surface area contributed by atoms with E-state index in [-0.39, 0.29) is 12.6 Å². The number of H-pyrrole nitrogens is 1. The number of carbonyl (C=O) groups excluding carboxylic acids is 1. The SMILES string of the molecule is CCCCc1cc(-c2ccc(C)cc2)c(C(=O)OCc2ccc(-c3nn[nH]n3)cc2)c(C)n1. The van der Waals surface area contributed by atoms with Crippen molar-refractivity contribution >= 4 is 5.97 Å². The summed E-state index contributed by atoms with van der Waals surface area (Å²) in [5, 5.41) is 13.9. The van der Waals surface area contributed by atoms with Gasteiger partial charge in [-0.3, -0.25) is 4.98 Å². The number of nitrogens with one attached hydrogen (secondary N) is 1. The van der Waals surface area contributed by atoms with Crippen LogP contribution in [0.3, 0.4) is 0 Å². The third-order valence-corrected chi connectivity index (χ3v) is 5.53. The number of benzene rings is 2. The maximum atomic E-state index is 13.2. The fourth-order valence-corrected chi connectivity index (χ4v) is 3.70. The topological polar surface area (TPSA) is 93.7 Å². The lowest BCUT2D eigenvalue weighted by Crippen LogP contribution is -2.11. The van der Waals surface area contributed by atoms with Crippen LogP contribution in [-0.2, 0) is 17.8 Å². The molecule has 0 fully saturated rings. The van der Waals surface area contributed by atoms with Gasteiger partial charge in [-0.2, -0.15) is 5.21 Å². The van der Waals surface area contributed by atoms with Crippen molar-refractivity contribution in [1.82, 2.24) is 25.6 Å². The molecule has 0 bridgehead atoms. The molecule has 7 nitrogen and oxygen atoms in total. The van der Waals surface area contributed by atoms with E-state index in [2.05, 4.69) is 39.7 Å². The number of unbranched alkanes of at least 4 members (excludes halogenated alkanes) is 1. The minimum atomic E-state index is -0.375. The zero-order chi connectivity index (χ0) is 23.2. The largest absolute Gasteiger partial charge is 0.457 e. The molecule has 0 unspecified atom stereocenters. The molecule has 4 aromatic rings.